The monoisotopic (exact) mass is 537 g/mol. The summed E-state index contributed by atoms with van der Waals surface area (Å²) >= 11 is 0. The van der Waals surface area contributed by atoms with Gasteiger partial charge in [0.2, 0.25) is 0 Å². The predicted octanol–water partition coefficient (Wildman–Crippen LogP) is 5.05. The van der Waals surface area contributed by atoms with Crippen LogP contribution in [0.15, 0.2) is 54.6 Å². The first-order chi connectivity index (χ1) is 19.5. The van der Waals surface area contributed by atoms with E-state index in [0.717, 1.165) is 74.7 Å². The number of benzene rings is 2. The highest BCUT2D eigenvalue weighted by molar-refractivity contribution is 6.01. The van der Waals surface area contributed by atoms with Gasteiger partial charge in [-0.15, -0.1) is 0 Å². The molecule has 0 radical (unpaired) electrons. The number of fused-ring (bicyclic) bond motifs is 2. The molecule has 7 nitrogen and oxygen atoms in total. The number of piperazine rings is 1. The maximum atomic E-state index is 13.8. The van der Waals surface area contributed by atoms with Crippen LogP contribution in [-0.4, -0.2) is 71.6 Å². The number of aromatic nitrogens is 2. The summed E-state index contributed by atoms with van der Waals surface area (Å²) in [6.45, 7) is 13.2. The summed E-state index contributed by atoms with van der Waals surface area (Å²) in [4.78, 5) is 25.8. The van der Waals surface area contributed by atoms with Gasteiger partial charge in [-0.3, -0.25) is 4.79 Å². The molecule has 0 spiro atoms. The quantitative estimate of drug-likeness (QED) is 0.345. The molecular formula is C33H39N5O2. The minimum atomic E-state index is 0.0360. The summed E-state index contributed by atoms with van der Waals surface area (Å²) < 4.78 is 7.88. The van der Waals surface area contributed by atoms with Crippen LogP contribution in [0.5, 0.6) is 5.75 Å². The summed E-state index contributed by atoms with van der Waals surface area (Å²) in [7, 11) is 1.70. The number of carbonyl (C=O) groups is 1. The van der Waals surface area contributed by atoms with Crippen molar-refractivity contribution in [3.05, 3.63) is 88.2 Å². The summed E-state index contributed by atoms with van der Waals surface area (Å²) in [5.74, 6) is 1.79. The summed E-state index contributed by atoms with van der Waals surface area (Å²) in [6, 6.07) is 19.0. The lowest BCUT2D eigenvalue weighted by Crippen LogP contribution is -2.48. The molecular weight excluding hydrogens is 498 g/mol. The van der Waals surface area contributed by atoms with Gasteiger partial charge in [-0.2, -0.15) is 0 Å². The highest BCUT2D eigenvalue weighted by Gasteiger charge is 2.28. The van der Waals surface area contributed by atoms with Crippen molar-refractivity contribution in [3.63, 3.8) is 0 Å². The SMILES string of the molecule is CCN1CCN(C(=O)c2cc3c(C)c(C)n(Cc4cccc(OC)c4)c3c(N3CCc4ccccc4C3)n2)CC1. The fourth-order valence-electron chi connectivity index (χ4n) is 6.23. The molecule has 1 amide bonds. The molecule has 4 aromatic rings. The van der Waals surface area contributed by atoms with Crippen LogP contribution in [0.2, 0.25) is 0 Å². The van der Waals surface area contributed by atoms with Gasteiger partial charge in [0, 0.05) is 56.9 Å². The van der Waals surface area contributed by atoms with E-state index in [1.165, 1.54) is 27.9 Å². The minimum absolute atomic E-state index is 0.0360. The number of nitrogens with zero attached hydrogens (tertiary/aromatic N) is 5. The van der Waals surface area contributed by atoms with Crippen LogP contribution in [0.1, 0.15) is 45.4 Å². The number of ether oxygens (including phenoxy) is 1. The highest BCUT2D eigenvalue weighted by atomic mass is 16.5. The Labute approximate surface area is 237 Å². The minimum Gasteiger partial charge on any atom is -0.497 e. The zero-order chi connectivity index (χ0) is 27.8. The molecule has 0 saturated carbocycles. The second-order valence-corrected chi connectivity index (χ2v) is 11.0. The van der Waals surface area contributed by atoms with E-state index >= 15 is 0 Å². The van der Waals surface area contributed by atoms with Crippen LogP contribution in [0.4, 0.5) is 5.82 Å². The number of aryl methyl sites for hydroxylation is 1. The third-order valence-corrected chi connectivity index (χ3v) is 8.83. The number of rotatable bonds is 6. The first-order valence-corrected chi connectivity index (χ1v) is 14.4. The topological polar surface area (TPSA) is 53.8 Å². The van der Waals surface area contributed by atoms with Crippen molar-refractivity contribution in [1.29, 1.82) is 0 Å². The molecule has 40 heavy (non-hydrogen) atoms. The van der Waals surface area contributed by atoms with Crippen LogP contribution >= 0.6 is 0 Å². The maximum Gasteiger partial charge on any atom is 0.272 e. The van der Waals surface area contributed by atoms with Gasteiger partial charge in [0.05, 0.1) is 12.6 Å². The molecule has 1 saturated heterocycles. The average Bonchev–Trinajstić information content (AvgIpc) is 3.24. The second kappa shape index (κ2) is 11.0. The predicted molar refractivity (Wildman–Crippen MR) is 161 cm³/mol. The lowest BCUT2D eigenvalue weighted by Gasteiger charge is -2.34. The Hall–Kier alpha value is -3.84. The van der Waals surface area contributed by atoms with Gasteiger partial charge in [0.15, 0.2) is 5.82 Å². The molecule has 2 aliphatic rings. The normalized spacial score (nSPS) is 15.9. The van der Waals surface area contributed by atoms with E-state index in [4.69, 9.17) is 9.72 Å². The van der Waals surface area contributed by atoms with Crippen molar-refractivity contribution >= 4 is 22.6 Å². The Bertz CT molecular complexity index is 1550. The number of amides is 1. The lowest BCUT2D eigenvalue weighted by atomic mass is 10.00. The fraction of sp³-hybridized carbons (Fsp3) is 0.394. The second-order valence-electron chi connectivity index (χ2n) is 11.0. The Kier molecular flexibility index (Phi) is 7.24. The zero-order valence-corrected chi connectivity index (χ0v) is 24.1. The van der Waals surface area contributed by atoms with Gasteiger partial charge in [0.1, 0.15) is 11.4 Å². The third-order valence-electron chi connectivity index (χ3n) is 8.83. The van der Waals surface area contributed by atoms with Gasteiger partial charge in [-0.1, -0.05) is 43.3 Å². The van der Waals surface area contributed by atoms with Gasteiger partial charge in [-0.25, -0.2) is 4.98 Å². The Balaban J connectivity index is 1.46. The maximum absolute atomic E-state index is 13.8. The smallest absolute Gasteiger partial charge is 0.272 e. The number of hydrogen-bond donors (Lipinski definition) is 0. The lowest BCUT2D eigenvalue weighted by molar-refractivity contribution is 0.0638. The highest BCUT2D eigenvalue weighted by Crippen LogP contribution is 2.36. The Morgan fingerprint density at radius 3 is 2.48 bits per heavy atom. The summed E-state index contributed by atoms with van der Waals surface area (Å²) in [6.07, 6.45) is 0.963. The standard InChI is InChI=1S/C33H39N5O2/c1-5-35-15-17-36(18-16-35)33(39)30-20-29-23(2)24(3)38(21-25-9-8-12-28(19-25)40-4)31(29)32(34-30)37-14-13-26-10-6-7-11-27(26)22-37/h6-12,19-20H,5,13-18,21-22H2,1-4H3. The molecule has 2 aliphatic heterocycles. The number of carbonyl (C=O) groups excluding carboxylic acids is 1. The van der Waals surface area contributed by atoms with Crippen molar-refractivity contribution in [3.8, 4) is 5.75 Å². The number of hydrogen-bond acceptors (Lipinski definition) is 5. The van der Waals surface area contributed by atoms with Crippen LogP contribution < -0.4 is 9.64 Å². The molecule has 0 unspecified atom stereocenters. The van der Waals surface area contributed by atoms with E-state index in [1.54, 1.807) is 7.11 Å². The fourth-order valence-corrected chi connectivity index (χ4v) is 6.23. The van der Waals surface area contributed by atoms with Crippen molar-refractivity contribution in [2.75, 3.05) is 51.3 Å². The van der Waals surface area contributed by atoms with E-state index in [2.05, 4.69) is 71.5 Å². The molecule has 0 atom stereocenters. The van der Waals surface area contributed by atoms with E-state index in [1.807, 2.05) is 23.1 Å². The summed E-state index contributed by atoms with van der Waals surface area (Å²) in [5.41, 5.74) is 7.94. The first-order valence-electron chi connectivity index (χ1n) is 14.4. The molecule has 7 heteroatoms. The molecule has 1 fully saturated rings. The molecule has 6 rings (SSSR count). The van der Waals surface area contributed by atoms with E-state index in [0.29, 0.717) is 12.2 Å². The number of methoxy groups -OCH3 is 1. The third kappa shape index (κ3) is 4.83. The Morgan fingerprint density at radius 2 is 1.73 bits per heavy atom. The zero-order valence-electron chi connectivity index (χ0n) is 24.1. The Morgan fingerprint density at radius 1 is 0.950 bits per heavy atom. The van der Waals surface area contributed by atoms with Gasteiger partial charge >= 0.3 is 0 Å². The molecule has 2 aromatic carbocycles. The van der Waals surface area contributed by atoms with Gasteiger partial charge < -0.3 is 24.0 Å². The van der Waals surface area contributed by atoms with Crippen molar-refractivity contribution in [1.82, 2.24) is 19.4 Å². The molecule has 0 aliphatic carbocycles. The van der Waals surface area contributed by atoms with E-state index < -0.39 is 0 Å². The molecule has 0 bridgehead atoms. The van der Waals surface area contributed by atoms with Gasteiger partial charge in [-0.05, 0) is 67.3 Å². The van der Waals surface area contributed by atoms with Crippen LogP contribution in [0.25, 0.3) is 10.9 Å². The number of pyridine rings is 1. The molecule has 0 N–H and O–H groups in total. The molecule has 4 heterocycles. The van der Waals surface area contributed by atoms with Crippen molar-refractivity contribution in [2.24, 2.45) is 0 Å². The van der Waals surface area contributed by atoms with E-state index in [9.17, 15) is 4.79 Å². The molecule has 208 valence electrons. The van der Waals surface area contributed by atoms with Crippen LogP contribution in [0.3, 0.4) is 0 Å². The first kappa shape index (κ1) is 26.4. The van der Waals surface area contributed by atoms with Gasteiger partial charge in [0.25, 0.3) is 5.91 Å². The largest absolute Gasteiger partial charge is 0.497 e. The van der Waals surface area contributed by atoms with Crippen molar-refractivity contribution < 1.29 is 9.53 Å². The number of anilines is 1. The van der Waals surface area contributed by atoms with Crippen LogP contribution in [-0.2, 0) is 19.5 Å². The van der Waals surface area contributed by atoms with Crippen LogP contribution in [0, 0.1) is 13.8 Å². The number of likely N-dealkylation sites (N-methyl/N-ethyl adjacent to an activating group) is 1. The van der Waals surface area contributed by atoms with Crippen molar-refractivity contribution in [2.45, 2.75) is 40.3 Å². The van der Waals surface area contributed by atoms with E-state index in [-0.39, 0.29) is 5.91 Å². The summed E-state index contributed by atoms with van der Waals surface area (Å²) in [5, 5.41) is 1.11. The molecule has 2 aromatic heterocycles. The average molecular weight is 538 g/mol.